The maximum absolute atomic E-state index is 5.12. The lowest BCUT2D eigenvalue weighted by atomic mass is 10.3. The third kappa shape index (κ3) is 2.42. The Balaban J connectivity index is 1.95. The van der Waals surface area contributed by atoms with Gasteiger partial charge in [-0.1, -0.05) is 0 Å². The first-order valence-corrected chi connectivity index (χ1v) is 5.73. The van der Waals surface area contributed by atoms with Gasteiger partial charge in [0.25, 0.3) is 0 Å². The smallest absolute Gasteiger partial charge is 0.118 e. The maximum atomic E-state index is 5.12. The fourth-order valence-electron chi connectivity index (χ4n) is 1.57. The monoisotopic (exact) mass is 209 g/mol. The Morgan fingerprint density at radius 1 is 1.14 bits per heavy atom. The zero-order valence-corrected chi connectivity index (χ0v) is 9.22. The molecule has 0 saturated carbocycles. The molecule has 1 aliphatic heterocycles. The van der Waals surface area contributed by atoms with E-state index in [0.717, 1.165) is 5.75 Å². The summed E-state index contributed by atoms with van der Waals surface area (Å²) in [6.45, 7) is 2.44. The van der Waals surface area contributed by atoms with Crippen molar-refractivity contribution in [2.24, 2.45) is 0 Å². The first-order chi connectivity index (χ1) is 6.88. The summed E-state index contributed by atoms with van der Waals surface area (Å²) in [5.41, 5.74) is 0. The van der Waals surface area contributed by atoms with Crippen molar-refractivity contribution in [1.82, 2.24) is 4.31 Å². The van der Waals surface area contributed by atoms with Gasteiger partial charge in [-0.05, 0) is 49.1 Å². The van der Waals surface area contributed by atoms with Crippen LogP contribution in [0.5, 0.6) is 5.75 Å². The molecule has 1 saturated heterocycles. The molecule has 0 N–H and O–H groups in total. The molecule has 0 unspecified atom stereocenters. The maximum Gasteiger partial charge on any atom is 0.118 e. The van der Waals surface area contributed by atoms with E-state index in [9.17, 15) is 0 Å². The third-order valence-electron chi connectivity index (χ3n) is 2.36. The summed E-state index contributed by atoms with van der Waals surface area (Å²) in [7, 11) is 1.70. The van der Waals surface area contributed by atoms with E-state index in [1.165, 1.54) is 30.8 Å². The summed E-state index contributed by atoms with van der Waals surface area (Å²) in [6.07, 6.45) is 2.67. The molecular formula is C11H15NOS. The molecule has 3 heteroatoms. The average molecular weight is 209 g/mol. The summed E-state index contributed by atoms with van der Waals surface area (Å²) in [4.78, 5) is 1.30. The quantitative estimate of drug-likeness (QED) is 0.710. The van der Waals surface area contributed by atoms with Crippen LogP contribution >= 0.6 is 11.9 Å². The molecular weight excluding hydrogens is 194 g/mol. The molecule has 0 spiro atoms. The van der Waals surface area contributed by atoms with Gasteiger partial charge in [0.15, 0.2) is 0 Å². The van der Waals surface area contributed by atoms with Gasteiger partial charge in [-0.2, -0.15) is 0 Å². The molecule has 2 rings (SSSR count). The zero-order valence-electron chi connectivity index (χ0n) is 8.40. The van der Waals surface area contributed by atoms with Gasteiger partial charge in [0, 0.05) is 18.0 Å². The van der Waals surface area contributed by atoms with E-state index in [1.54, 1.807) is 7.11 Å². The van der Waals surface area contributed by atoms with Gasteiger partial charge >= 0.3 is 0 Å². The van der Waals surface area contributed by atoms with Crippen molar-refractivity contribution in [3.05, 3.63) is 24.3 Å². The van der Waals surface area contributed by atoms with Crippen molar-refractivity contribution in [2.45, 2.75) is 17.7 Å². The van der Waals surface area contributed by atoms with Crippen LogP contribution in [0.2, 0.25) is 0 Å². The molecule has 0 amide bonds. The number of hydrogen-bond donors (Lipinski definition) is 0. The summed E-state index contributed by atoms with van der Waals surface area (Å²) < 4.78 is 7.53. The van der Waals surface area contributed by atoms with Crippen LogP contribution in [0.15, 0.2) is 29.2 Å². The second-order valence-corrected chi connectivity index (χ2v) is 4.57. The first-order valence-electron chi connectivity index (χ1n) is 4.95. The van der Waals surface area contributed by atoms with Gasteiger partial charge in [0.2, 0.25) is 0 Å². The molecule has 1 fully saturated rings. The van der Waals surface area contributed by atoms with Gasteiger partial charge in [0.05, 0.1) is 7.11 Å². The minimum atomic E-state index is 0.927. The second-order valence-electron chi connectivity index (χ2n) is 3.40. The molecule has 76 valence electrons. The molecule has 2 nitrogen and oxygen atoms in total. The molecule has 1 aromatic rings. The van der Waals surface area contributed by atoms with Crippen molar-refractivity contribution in [2.75, 3.05) is 20.2 Å². The van der Waals surface area contributed by atoms with Crippen molar-refractivity contribution in [3.63, 3.8) is 0 Å². The number of hydrogen-bond acceptors (Lipinski definition) is 3. The average Bonchev–Trinajstić information content (AvgIpc) is 2.72. The lowest BCUT2D eigenvalue weighted by Crippen LogP contribution is -2.08. The fourth-order valence-corrected chi connectivity index (χ4v) is 2.56. The molecule has 1 heterocycles. The Bertz CT molecular complexity index is 280. The van der Waals surface area contributed by atoms with E-state index in [-0.39, 0.29) is 0 Å². The Hall–Kier alpha value is -0.670. The van der Waals surface area contributed by atoms with Crippen LogP contribution in [0.25, 0.3) is 0 Å². The lowest BCUT2D eigenvalue weighted by Gasteiger charge is -2.12. The normalized spacial score (nSPS) is 17.2. The topological polar surface area (TPSA) is 12.5 Å². The van der Waals surface area contributed by atoms with Crippen LogP contribution in [0, 0.1) is 0 Å². The standard InChI is InChI=1S/C11H15NOS/c1-13-10-4-6-11(7-5-10)14-12-8-2-3-9-12/h4-7H,2-3,8-9H2,1H3. The number of nitrogens with zero attached hydrogens (tertiary/aromatic N) is 1. The van der Waals surface area contributed by atoms with Crippen LogP contribution in [0.1, 0.15) is 12.8 Å². The van der Waals surface area contributed by atoms with Gasteiger partial charge < -0.3 is 4.74 Å². The highest BCUT2D eigenvalue weighted by molar-refractivity contribution is 7.97. The minimum Gasteiger partial charge on any atom is -0.497 e. The minimum absolute atomic E-state index is 0.927. The van der Waals surface area contributed by atoms with E-state index in [4.69, 9.17) is 4.74 Å². The zero-order chi connectivity index (χ0) is 9.80. The molecule has 14 heavy (non-hydrogen) atoms. The van der Waals surface area contributed by atoms with Crippen LogP contribution in [0.4, 0.5) is 0 Å². The molecule has 0 aromatic heterocycles. The third-order valence-corrected chi connectivity index (χ3v) is 3.47. The van der Waals surface area contributed by atoms with Crippen molar-refractivity contribution < 1.29 is 4.74 Å². The van der Waals surface area contributed by atoms with Gasteiger partial charge in [-0.3, -0.25) is 0 Å². The Labute approximate surface area is 89.4 Å². The number of ether oxygens (including phenoxy) is 1. The van der Waals surface area contributed by atoms with Crippen molar-refractivity contribution in [1.29, 1.82) is 0 Å². The summed E-state index contributed by atoms with van der Waals surface area (Å²) >= 11 is 1.85. The number of methoxy groups -OCH3 is 1. The van der Waals surface area contributed by atoms with Crippen LogP contribution in [-0.2, 0) is 0 Å². The van der Waals surface area contributed by atoms with Gasteiger partial charge in [-0.25, -0.2) is 4.31 Å². The van der Waals surface area contributed by atoms with E-state index in [0.29, 0.717) is 0 Å². The molecule has 0 bridgehead atoms. The molecule has 0 aliphatic carbocycles. The van der Waals surface area contributed by atoms with Gasteiger partial charge in [-0.15, -0.1) is 0 Å². The number of benzene rings is 1. The molecule has 1 aromatic carbocycles. The van der Waals surface area contributed by atoms with E-state index >= 15 is 0 Å². The highest BCUT2D eigenvalue weighted by atomic mass is 32.2. The summed E-state index contributed by atoms with van der Waals surface area (Å²) in [5.74, 6) is 0.927. The highest BCUT2D eigenvalue weighted by Gasteiger charge is 2.12. The van der Waals surface area contributed by atoms with Gasteiger partial charge in [0.1, 0.15) is 5.75 Å². The van der Waals surface area contributed by atoms with Crippen molar-refractivity contribution >= 4 is 11.9 Å². The molecule has 1 aliphatic rings. The lowest BCUT2D eigenvalue weighted by molar-refractivity contribution is 0.414. The Morgan fingerprint density at radius 3 is 2.36 bits per heavy atom. The Kier molecular flexibility index (Phi) is 3.32. The predicted molar refractivity (Wildman–Crippen MR) is 59.7 cm³/mol. The molecule has 0 atom stereocenters. The predicted octanol–water partition coefficient (Wildman–Crippen LogP) is 2.80. The fraction of sp³-hybridized carbons (Fsp3) is 0.455. The summed E-state index contributed by atoms with van der Waals surface area (Å²) in [5, 5.41) is 0. The van der Waals surface area contributed by atoms with E-state index in [2.05, 4.69) is 16.4 Å². The van der Waals surface area contributed by atoms with E-state index < -0.39 is 0 Å². The first kappa shape index (κ1) is 9.87. The summed E-state index contributed by atoms with van der Waals surface area (Å²) in [6, 6.07) is 8.25. The van der Waals surface area contributed by atoms with E-state index in [1.807, 2.05) is 24.1 Å². The highest BCUT2D eigenvalue weighted by Crippen LogP contribution is 2.27. The van der Waals surface area contributed by atoms with Crippen LogP contribution < -0.4 is 4.74 Å². The number of rotatable bonds is 3. The van der Waals surface area contributed by atoms with Crippen LogP contribution in [-0.4, -0.2) is 24.5 Å². The Morgan fingerprint density at radius 2 is 1.79 bits per heavy atom. The second kappa shape index (κ2) is 4.71. The van der Waals surface area contributed by atoms with Crippen LogP contribution in [0.3, 0.4) is 0 Å². The molecule has 0 radical (unpaired) electrons. The largest absolute Gasteiger partial charge is 0.497 e. The SMILES string of the molecule is COc1ccc(SN2CCCC2)cc1. The van der Waals surface area contributed by atoms with Crippen molar-refractivity contribution in [3.8, 4) is 5.75 Å².